The van der Waals surface area contributed by atoms with Crippen LogP contribution in [0, 0.1) is 33.5 Å². The van der Waals surface area contributed by atoms with E-state index in [1.54, 1.807) is 39.9 Å². The van der Waals surface area contributed by atoms with Crippen LogP contribution in [0.4, 0.5) is 14.4 Å². The van der Waals surface area contributed by atoms with Crippen molar-refractivity contribution in [2.45, 2.75) is 192 Å². The molecule has 98 heavy (non-hydrogen) atoms. The summed E-state index contributed by atoms with van der Waals surface area (Å²) in [4.78, 5) is 93.7. The quantitative estimate of drug-likeness (QED) is 0.0285. The van der Waals surface area contributed by atoms with Gasteiger partial charge in [0.2, 0.25) is 17.6 Å². The molecule has 27 heteroatoms. The number of hydrogen-bond acceptors (Lipinski definition) is 16. The molecule has 2 aromatic carbocycles. The van der Waals surface area contributed by atoms with Gasteiger partial charge in [-0.1, -0.05) is 200 Å². The number of carbonyl (C=O) groups excluding carboxylic acids is 7. The van der Waals surface area contributed by atoms with Gasteiger partial charge in [0.1, 0.15) is 33.7 Å². The Morgan fingerprint density at radius 2 is 1.11 bits per heavy atom. The van der Waals surface area contributed by atoms with E-state index in [0.717, 1.165) is 54.6 Å². The van der Waals surface area contributed by atoms with Gasteiger partial charge in [-0.25, -0.2) is 31.2 Å². The Bertz CT molecular complexity index is 3450. The summed E-state index contributed by atoms with van der Waals surface area (Å²) in [5.41, 5.74) is 0.759. The van der Waals surface area contributed by atoms with Crippen molar-refractivity contribution in [2.75, 3.05) is 53.9 Å². The summed E-state index contributed by atoms with van der Waals surface area (Å²) < 4.78 is 65.2. The number of benzene rings is 2. The lowest BCUT2D eigenvalue weighted by Crippen LogP contribution is -2.60. The number of piperidine rings is 1. The molecule has 8 atom stereocenters. The van der Waals surface area contributed by atoms with E-state index in [0.29, 0.717) is 45.4 Å². The molecule has 3 fully saturated rings. The van der Waals surface area contributed by atoms with Crippen LogP contribution in [0.3, 0.4) is 0 Å². The number of Topliss-reactive ketones (excluding diaryl/α,β-unsaturated/α-hetero) is 1. The maximum Gasteiger partial charge on any atom is 0.407 e. The summed E-state index contributed by atoms with van der Waals surface area (Å²) >= 11 is 2.29. The average Bonchev–Trinajstić information content (AvgIpc) is 1.53. The zero-order valence-electron chi connectivity index (χ0n) is 59.7. The summed E-state index contributed by atoms with van der Waals surface area (Å²) in [7, 11) is -2.48. The van der Waals surface area contributed by atoms with Crippen LogP contribution in [0.15, 0.2) is 117 Å². The zero-order valence-corrected chi connectivity index (χ0v) is 63.0. The molecular formula is C71H108N10O13S4. The summed E-state index contributed by atoms with van der Waals surface area (Å²) in [6.07, 6.45) is 7.11. The second kappa shape index (κ2) is 37.1. The molecule has 0 unspecified atom stereocenters. The Balaban J connectivity index is 0.000000311. The number of thiophene rings is 2. The average molecular weight is 1440 g/mol. The molecule has 23 nitrogen and oxygen atoms in total. The lowest BCUT2D eigenvalue weighted by atomic mass is 9.86. The molecule has 4 heterocycles. The second-order valence-electron chi connectivity index (χ2n) is 29.2. The first-order chi connectivity index (χ1) is 45.9. The topological polar surface area (TPSA) is 300 Å². The van der Waals surface area contributed by atoms with Gasteiger partial charge in [0, 0.05) is 58.9 Å². The molecule has 2 aliphatic heterocycles. The third kappa shape index (κ3) is 24.6. The third-order valence-electron chi connectivity index (χ3n) is 18.2. The highest BCUT2D eigenvalue weighted by atomic mass is 32.3. The number of hydrogen-bond donors (Lipinski definition) is 7. The summed E-state index contributed by atoms with van der Waals surface area (Å²) in [5, 5.41) is 23.4. The second-order valence-corrected chi connectivity index (χ2v) is 35.6. The Morgan fingerprint density at radius 1 is 0.663 bits per heavy atom. The van der Waals surface area contributed by atoms with Crippen LogP contribution >= 0.6 is 22.7 Å². The Labute approximate surface area is 590 Å². The first-order valence-corrected chi connectivity index (χ1v) is 38.3. The van der Waals surface area contributed by atoms with Crippen molar-refractivity contribution >= 4 is 84.4 Å². The smallest absolute Gasteiger partial charge is 0.407 e. The van der Waals surface area contributed by atoms with E-state index in [2.05, 4.69) is 78.4 Å². The van der Waals surface area contributed by atoms with Crippen molar-refractivity contribution in [3.05, 3.63) is 119 Å². The Hall–Kier alpha value is -6.75. The highest BCUT2D eigenvalue weighted by Crippen LogP contribution is 2.65. The van der Waals surface area contributed by atoms with Crippen molar-refractivity contribution in [3.63, 3.8) is 0 Å². The molecule has 1 saturated carbocycles. The first kappa shape index (κ1) is 81.9. The molecule has 2 saturated heterocycles. The van der Waals surface area contributed by atoms with Gasteiger partial charge in [0.05, 0.1) is 12.1 Å². The van der Waals surface area contributed by atoms with Crippen LogP contribution < -0.4 is 37.2 Å². The van der Waals surface area contributed by atoms with Gasteiger partial charge in [0.15, 0.2) is 0 Å². The van der Waals surface area contributed by atoms with Gasteiger partial charge in [0.25, 0.3) is 26.0 Å². The van der Waals surface area contributed by atoms with Gasteiger partial charge in [-0.05, 0) is 87.4 Å². The van der Waals surface area contributed by atoms with Crippen molar-refractivity contribution in [3.8, 4) is 0 Å². The highest BCUT2D eigenvalue weighted by Gasteiger charge is 2.69. The molecule has 4 aromatic rings. The summed E-state index contributed by atoms with van der Waals surface area (Å²) in [6.45, 7) is 27.3. The number of nitrogens with one attached hydrogen (secondary N) is 7. The van der Waals surface area contributed by atoms with E-state index in [-0.39, 0.29) is 80.8 Å². The van der Waals surface area contributed by atoms with E-state index >= 15 is 0 Å². The molecule has 0 spiro atoms. The van der Waals surface area contributed by atoms with Crippen molar-refractivity contribution in [1.29, 1.82) is 0 Å². The number of ketones is 1. The van der Waals surface area contributed by atoms with E-state index < -0.39 is 85.4 Å². The van der Waals surface area contributed by atoms with Crippen LogP contribution in [0.2, 0.25) is 0 Å². The van der Waals surface area contributed by atoms with Crippen LogP contribution in [0.25, 0.3) is 0 Å². The zero-order chi connectivity index (χ0) is 72.8. The minimum Gasteiger partial charge on any atom is -0.445 e. The number of rotatable bonds is 22. The highest BCUT2D eigenvalue weighted by molar-refractivity contribution is 7.91. The lowest BCUT2D eigenvalue weighted by molar-refractivity contribution is -0.144. The van der Waals surface area contributed by atoms with Crippen molar-refractivity contribution in [2.24, 2.45) is 33.5 Å². The maximum absolute atomic E-state index is 14.4. The molecular weight excluding hydrogens is 1330 g/mol. The van der Waals surface area contributed by atoms with Crippen molar-refractivity contribution in [1.82, 2.24) is 50.7 Å². The number of amides is 7. The lowest BCUT2D eigenvalue weighted by Gasteiger charge is -2.36. The van der Waals surface area contributed by atoms with Gasteiger partial charge in [-0.15, -0.1) is 29.3 Å². The fourth-order valence-electron chi connectivity index (χ4n) is 11.6. The molecule has 544 valence electrons. The standard InChI is InChI=1S/C37H58N6O7S2.C19H26N2O4S2.C15H24N2O2/c1-8-20-38-33(46)31(44)25-17-14-12-10-9-11-13-15-18-26(34(47)43-22-24-29(37(24,5)6)30(43)32(45)39-25)40-35(48)41-27(36(2,3)4)23-42(7)52(49,50)28-19-16-21-51-28;1-19(2,3)16(13-21(4)27(23,24)17-11-8-12-26-17)20-18(22)25-14-15-9-6-5-7-10-15;1-15(2,3)13(10-16-4)17-14(18)19-11-12-8-6-5-7-9-12/h8,16,19,21,24-27,29-30H,1,9-15,17-18,20,22-23H2,2-7H3,(H,38,46)(H,39,45)(H2,40,41,48);5-12,16H,13-14H2,1-4H3,(H,20,22);5-9,13,16H,10-11H2,1-4H3,(H,17,18)/t24-,25-,26-,27+,29-,30-;16-;13-/m011/s1. The summed E-state index contributed by atoms with van der Waals surface area (Å²) in [6, 6.07) is 21.1. The number of alkyl carbamates (subject to hydrolysis) is 2. The number of likely N-dealkylation sites (N-methyl/N-ethyl adjacent to an activating group) is 3. The number of ether oxygens (including phenoxy) is 2. The monoisotopic (exact) mass is 1440 g/mol. The fraction of sp³-hybridized carbons (Fsp3) is 0.592. The normalized spacial score (nSPS) is 20.2. The Kier molecular flexibility index (Phi) is 31.0. The number of urea groups is 1. The minimum absolute atomic E-state index is 0.00801. The van der Waals surface area contributed by atoms with E-state index in [1.807, 2.05) is 109 Å². The van der Waals surface area contributed by atoms with E-state index in [1.165, 1.54) is 40.1 Å². The SMILES string of the molecule is C=CCNC(=O)C(=O)[C@@H]1CCCCCCCCC[C@H](NC(=O)N[C@H](CN(C)S(=O)(=O)c2cccs2)C(C)(C)C)C(=O)N2C[C@H]3[C@@H]([C@H]2C(=O)N1)C3(C)C.CN(C[C@@H](NC(=O)OCc1ccccc1)C(C)(C)C)S(=O)(=O)c1cccs1.CNC[C@@H](NC(=O)OCc1ccccc1)C(C)(C)C. The van der Waals surface area contributed by atoms with E-state index in [9.17, 15) is 50.4 Å². The molecule has 7 amide bonds. The van der Waals surface area contributed by atoms with Crippen LogP contribution in [0.1, 0.15) is 145 Å². The maximum atomic E-state index is 14.4. The molecule has 0 bridgehead atoms. The molecule has 1 aliphatic carbocycles. The van der Waals surface area contributed by atoms with Crippen LogP contribution in [0.5, 0.6) is 0 Å². The van der Waals surface area contributed by atoms with Gasteiger partial charge in [-0.3, -0.25) is 19.2 Å². The number of fused-ring (bicyclic) bond motifs is 3. The molecule has 0 radical (unpaired) electrons. The van der Waals surface area contributed by atoms with Gasteiger partial charge in [-0.2, -0.15) is 8.61 Å². The predicted molar refractivity (Wildman–Crippen MR) is 385 cm³/mol. The van der Waals surface area contributed by atoms with Crippen molar-refractivity contribution < 1.29 is 59.9 Å². The van der Waals surface area contributed by atoms with E-state index in [4.69, 9.17) is 9.47 Å². The Morgan fingerprint density at radius 3 is 1.55 bits per heavy atom. The third-order valence-corrected chi connectivity index (χ3v) is 24.6. The molecule has 7 rings (SSSR count). The largest absolute Gasteiger partial charge is 0.445 e. The summed E-state index contributed by atoms with van der Waals surface area (Å²) in [5.74, 6) is -2.43. The molecule has 2 aromatic heterocycles. The van der Waals surface area contributed by atoms with Crippen LogP contribution in [-0.2, 0) is 61.9 Å². The van der Waals surface area contributed by atoms with Gasteiger partial charge >= 0.3 is 18.2 Å². The predicted octanol–water partition coefficient (Wildman–Crippen LogP) is 10.1. The minimum atomic E-state index is -3.77. The number of nitrogens with zero attached hydrogens (tertiary/aromatic N) is 3. The molecule has 3 aliphatic rings. The first-order valence-electron chi connectivity index (χ1n) is 33.6. The number of sulfonamides is 2. The fourth-order valence-corrected chi connectivity index (χ4v) is 16.4. The number of carbonyl (C=O) groups is 7. The van der Waals surface area contributed by atoms with Gasteiger partial charge < -0.3 is 51.6 Å². The molecule has 7 N–H and O–H groups in total. The van der Waals surface area contributed by atoms with Crippen LogP contribution in [-0.4, -0.2) is 162 Å².